The van der Waals surface area contributed by atoms with Crippen molar-refractivity contribution in [2.24, 2.45) is 10.9 Å². The quantitative estimate of drug-likeness (QED) is 0.245. The lowest BCUT2D eigenvalue weighted by Gasteiger charge is -2.29. The number of aromatic nitrogens is 1. The number of sulfonamides is 1. The molecule has 154 valence electrons. The summed E-state index contributed by atoms with van der Waals surface area (Å²) < 4.78 is 24.7. The Kier molecular flexibility index (Phi) is 10.9. The van der Waals surface area contributed by atoms with Crippen LogP contribution < -0.4 is 10.6 Å². The highest BCUT2D eigenvalue weighted by molar-refractivity contribution is 14.0. The Morgan fingerprint density at radius 1 is 1.33 bits per heavy atom. The molecule has 1 fully saturated rings. The number of nitrogens with zero attached hydrogens (tertiary/aromatic N) is 3. The van der Waals surface area contributed by atoms with Gasteiger partial charge < -0.3 is 10.6 Å². The van der Waals surface area contributed by atoms with E-state index in [1.165, 1.54) is 6.26 Å². The first kappa shape index (κ1) is 24.4. The van der Waals surface area contributed by atoms with Gasteiger partial charge in [0.25, 0.3) is 0 Å². The Labute approximate surface area is 184 Å². The SMILES string of the molecule is CCNC(=NCC1CCN(S(C)(=O)=O)CC1)NCCc1ccc(Cl)nc1.I. The molecule has 27 heavy (non-hydrogen) atoms. The van der Waals surface area contributed by atoms with Crippen LogP contribution in [0.2, 0.25) is 5.15 Å². The van der Waals surface area contributed by atoms with Crippen LogP contribution in [-0.4, -0.2) is 62.6 Å². The maximum absolute atomic E-state index is 11.6. The van der Waals surface area contributed by atoms with E-state index in [0.717, 1.165) is 43.9 Å². The minimum Gasteiger partial charge on any atom is -0.357 e. The van der Waals surface area contributed by atoms with Crippen molar-refractivity contribution in [2.45, 2.75) is 26.2 Å². The molecule has 1 aromatic heterocycles. The Bertz CT molecular complexity index is 692. The highest BCUT2D eigenvalue weighted by Crippen LogP contribution is 2.19. The van der Waals surface area contributed by atoms with Crippen LogP contribution in [0, 0.1) is 5.92 Å². The van der Waals surface area contributed by atoms with E-state index in [-0.39, 0.29) is 24.0 Å². The fourth-order valence-corrected chi connectivity index (χ4v) is 3.85. The maximum Gasteiger partial charge on any atom is 0.211 e. The first-order valence-electron chi connectivity index (χ1n) is 8.96. The lowest BCUT2D eigenvalue weighted by atomic mass is 9.98. The summed E-state index contributed by atoms with van der Waals surface area (Å²) in [4.78, 5) is 8.74. The zero-order chi connectivity index (χ0) is 19.0. The van der Waals surface area contributed by atoms with E-state index < -0.39 is 10.0 Å². The molecule has 0 spiro atoms. The van der Waals surface area contributed by atoms with Gasteiger partial charge in [0.2, 0.25) is 10.0 Å². The van der Waals surface area contributed by atoms with Crippen molar-refractivity contribution in [1.29, 1.82) is 0 Å². The smallest absolute Gasteiger partial charge is 0.211 e. The number of pyridine rings is 1. The van der Waals surface area contributed by atoms with Gasteiger partial charge >= 0.3 is 0 Å². The van der Waals surface area contributed by atoms with Crippen LogP contribution in [-0.2, 0) is 16.4 Å². The van der Waals surface area contributed by atoms with Crippen molar-refractivity contribution in [2.75, 3.05) is 39.0 Å². The van der Waals surface area contributed by atoms with E-state index in [1.54, 1.807) is 16.6 Å². The largest absolute Gasteiger partial charge is 0.357 e. The van der Waals surface area contributed by atoms with E-state index >= 15 is 0 Å². The van der Waals surface area contributed by atoms with Crippen LogP contribution in [0.15, 0.2) is 23.3 Å². The Morgan fingerprint density at radius 2 is 2.04 bits per heavy atom. The summed E-state index contributed by atoms with van der Waals surface area (Å²) in [6.07, 6.45) is 5.60. The lowest BCUT2D eigenvalue weighted by Crippen LogP contribution is -2.40. The van der Waals surface area contributed by atoms with Crippen molar-refractivity contribution in [1.82, 2.24) is 19.9 Å². The van der Waals surface area contributed by atoms with E-state index in [1.807, 2.05) is 13.0 Å². The minimum absolute atomic E-state index is 0. The van der Waals surface area contributed by atoms with E-state index in [2.05, 4.69) is 20.6 Å². The van der Waals surface area contributed by atoms with Gasteiger partial charge in [-0.05, 0) is 43.7 Å². The molecule has 10 heteroatoms. The minimum atomic E-state index is -3.07. The van der Waals surface area contributed by atoms with E-state index in [4.69, 9.17) is 11.6 Å². The first-order chi connectivity index (χ1) is 12.4. The van der Waals surface area contributed by atoms with Gasteiger partial charge in [-0.15, -0.1) is 24.0 Å². The Balaban J connectivity index is 0.00000364. The third kappa shape index (κ3) is 8.93. The number of aliphatic imine (C=N–C) groups is 1. The molecule has 2 rings (SSSR count). The average Bonchev–Trinajstić information content (AvgIpc) is 2.61. The van der Waals surface area contributed by atoms with E-state index in [0.29, 0.717) is 30.7 Å². The molecule has 0 aliphatic carbocycles. The molecule has 0 radical (unpaired) electrons. The van der Waals surface area contributed by atoms with Crippen LogP contribution in [0.5, 0.6) is 0 Å². The molecular weight excluding hydrogens is 501 g/mol. The second-order valence-corrected chi connectivity index (χ2v) is 8.86. The summed E-state index contributed by atoms with van der Waals surface area (Å²) in [5, 5.41) is 7.07. The molecule has 1 aliphatic rings. The zero-order valence-corrected chi connectivity index (χ0v) is 19.7. The summed E-state index contributed by atoms with van der Waals surface area (Å²) in [7, 11) is -3.07. The van der Waals surface area contributed by atoms with Gasteiger partial charge in [0.1, 0.15) is 5.15 Å². The molecule has 0 unspecified atom stereocenters. The third-order valence-corrected chi connectivity index (χ3v) is 5.92. The zero-order valence-electron chi connectivity index (χ0n) is 15.8. The molecule has 2 N–H and O–H groups in total. The first-order valence-corrected chi connectivity index (χ1v) is 11.2. The highest BCUT2D eigenvalue weighted by atomic mass is 127. The van der Waals surface area contributed by atoms with Crippen LogP contribution >= 0.6 is 35.6 Å². The number of nitrogens with one attached hydrogen (secondary N) is 2. The fraction of sp³-hybridized carbons (Fsp3) is 0.647. The predicted octanol–water partition coefficient (Wildman–Crippen LogP) is 2.12. The molecule has 1 saturated heterocycles. The topological polar surface area (TPSA) is 86.7 Å². The maximum atomic E-state index is 11.6. The second-order valence-electron chi connectivity index (χ2n) is 6.49. The van der Waals surface area contributed by atoms with Crippen LogP contribution in [0.25, 0.3) is 0 Å². The predicted molar refractivity (Wildman–Crippen MR) is 121 cm³/mol. The summed E-state index contributed by atoms with van der Waals surface area (Å²) in [6.45, 7) is 5.46. The number of hydrogen-bond donors (Lipinski definition) is 2. The van der Waals surface area contributed by atoms with Gasteiger partial charge in [0.15, 0.2) is 5.96 Å². The van der Waals surface area contributed by atoms with Crippen molar-refractivity contribution in [3.05, 3.63) is 29.0 Å². The van der Waals surface area contributed by atoms with Crippen molar-refractivity contribution < 1.29 is 8.42 Å². The monoisotopic (exact) mass is 529 g/mol. The normalized spacial score (nSPS) is 16.6. The van der Waals surface area contributed by atoms with Gasteiger partial charge in [0.05, 0.1) is 6.26 Å². The Morgan fingerprint density at radius 3 is 2.59 bits per heavy atom. The van der Waals surface area contributed by atoms with Crippen LogP contribution in [0.4, 0.5) is 0 Å². The number of halogens is 2. The van der Waals surface area contributed by atoms with Crippen molar-refractivity contribution in [3.8, 4) is 0 Å². The third-order valence-electron chi connectivity index (χ3n) is 4.39. The number of rotatable bonds is 7. The molecule has 1 aromatic rings. The standard InChI is InChI=1S/C17H28ClN5O2S.HI/c1-3-19-17(20-9-6-14-4-5-16(18)21-12-14)22-13-15-7-10-23(11-8-15)26(2,24)25;/h4-5,12,15H,3,6-11,13H2,1-2H3,(H2,19,20,22);1H. The number of piperidine rings is 1. The van der Waals surface area contributed by atoms with Crippen LogP contribution in [0.1, 0.15) is 25.3 Å². The Hall–Kier alpha value is -0.650. The van der Waals surface area contributed by atoms with Gasteiger partial charge in [-0.2, -0.15) is 0 Å². The summed E-state index contributed by atoms with van der Waals surface area (Å²) in [5.41, 5.74) is 1.12. The molecule has 1 aliphatic heterocycles. The van der Waals surface area contributed by atoms with Gasteiger partial charge in [-0.25, -0.2) is 17.7 Å². The number of guanidine groups is 1. The summed E-state index contributed by atoms with van der Waals surface area (Å²) in [5.74, 6) is 1.21. The van der Waals surface area contributed by atoms with Crippen LogP contribution in [0.3, 0.4) is 0 Å². The van der Waals surface area contributed by atoms with Gasteiger partial charge in [-0.3, -0.25) is 4.99 Å². The van der Waals surface area contributed by atoms with Crippen molar-refractivity contribution in [3.63, 3.8) is 0 Å². The summed E-state index contributed by atoms with van der Waals surface area (Å²) >= 11 is 5.79. The molecule has 2 heterocycles. The van der Waals surface area contributed by atoms with Gasteiger partial charge in [-0.1, -0.05) is 17.7 Å². The molecule has 0 saturated carbocycles. The summed E-state index contributed by atoms with van der Waals surface area (Å²) in [6, 6.07) is 3.76. The second kappa shape index (κ2) is 12.0. The molecule has 0 bridgehead atoms. The lowest BCUT2D eigenvalue weighted by molar-refractivity contribution is 0.280. The molecule has 0 aromatic carbocycles. The molecule has 0 amide bonds. The van der Waals surface area contributed by atoms with Crippen molar-refractivity contribution >= 4 is 51.6 Å². The molecular formula is C17H29ClIN5O2S. The molecule has 0 atom stereocenters. The van der Waals surface area contributed by atoms with Gasteiger partial charge in [0, 0.05) is 38.9 Å². The fourth-order valence-electron chi connectivity index (χ4n) is 2.87. The average molecular weight is 530 g/mol. The highest BCUT2D eigenvalue weighted by Gasteiger charge is 2.24. The van der Waals surface area contributed by atoms with E-state index in [9.17, 15) is 8.42 Å². The molecule has 7 nitrogen and oxygen atoms in total. The number of hydrogen-bond acceptors (Lipinski definition) is 4.